The lowest BCUT2D eigenvalue weighted by Crippen LogP contribution is -2.62. The number of piperidine rings is 1. The van der Waals surface area contributed by atoms with Gasteiger partial charge in [-0.15, -0.1) is 0 Å². The van der Waals surface area contributed by atoms with Crippen molar-refractivity contribution in [1.29, 1.82) is 0 Å². The number of benzene rings is 2. The van der Waals surface area contributed by atoms with Gasteiger partial charge in [-0.1, -0.05) is 29.3 Å². The first-order valence-corrected chi connectivity index (χ1v) is 9.28. The van der Waals surface area contributed by atoms with Crippen LogP contribution in [0.3, 0.4) is 0 Å². The number of hydrogen-bond acceptors (Lipinski definition) is 3. The number of nitrogens with zero attached hydrogens (tertiary/aromatic N) is 1. The summed E-state index contributed by atoms with van der Waals surface area (Å²) < 4.78 is 13.9. The average molecular weight is 408 g/mol. The summed E-state index contributed by atoms with van der Waals surface area (Å²) in [5.74, 6) is -1.18. The van der Waals surface area contributed by atoms with E-state index in [1.54, 1.807) is 29.2 Å². The minimum Gasteiger partial charge on any atom is -0.362 e. The Hall–Kier alpha value is -2.31. The van der Waals surface area contributed by atoms with Gasteiger partial charge in [-0.05, 0) is 30.3 Å². The van der Waals surface area contributed by atoms with Crippen molar-refractivity contribution in [3.63, 3.8) is 0 Å². The number of rotatable bonds is 1. The number of amides is 2. The summed E-state index contributed by atoms with van der Waals surface area (Å²) in [5, 5.41) is 6.90. The van der Waals surface area contributed by atoms with Gasteiger partial charge in [0, 0.05) is 31.0 Å². The molecule has 2 aromatic rings. The van der Waals surface area contributed by atoms with Crippen LogP contribution in [-0.4, -0.2) is 35.5 Å². The first-order chi connectivity index (χ1) is 12.9. The van der Waals surface area contributed by atoms with Gasteiger partial charge >= 0.3 is 0 Å². The predicted octanol–water partition coefficient (Wildman–Crippen LogP) is 3.92. The van der Waals surface area contributed by atoms with Crippen LogP contribution < -0.4 is 10.6 Å². The highest BCUT2D eigenvalue weighted by Crippen LogP contribution is 2.33. The molecule has 2 heterocycles. The summed E-state index contributed by atoms with van der Waals surface area (Å²) in [7, 11) is 0. The second kappa shape index (κ2) is 6.69. The molecule has 1 spiro atoms. The molecule has 27 heavy (non-hydrogen) atoms. The lowest BCUT2D eigenvalue weighted by atomic mass is 9.92. The van der Waals surface area contributed by atoms with Crippen LogP contribution in [0.1, 0.15) is 33.6 Å². The maximum Gasteiger partial charge on any atom is 0.258 e. The molecule has 0 bridgehead atoms. The molecule has 2 aliphatic rings. The standard InChI is InChI=1S/C19H16Cl2FN3O2/c20-11-4-5-12(13(21)10-11)18(27)25-8-6-19(7-9-25)23-15-3-1-2-14(22)16(15)17(26)24-19/h1-5,10,23H,6-9H2,(H,24,26). The van der Waals surface area contributed by atoms with Crippen LogP contribution in [0, 0.1) is 5.82 Å². The highest BCUT2D eigenvalue weighted by Gasteiger charge is 2.42. The molecule has 1 fully saturated rings. The Morgan fingerprint density at radius 3 is 2.56 bits per heavy atom. The van der Waals surface area contributed by atoms with E-state index in [-0.39, 0.29) is 11.5 Å². The Labute approximate surface area is 165 Å². The van der Waals surface area contributed by atoms with Crippen molar-refractivity contribution in [3.8, 4) is 0 Å². The fourth-order valence-electron chi connectivity index (χ4n) is 3.60. The smallest absolute Gasteiger partial charge is 0.258 e. The molecule has 140 valence electrons. The van der Waals surface area contributed by atoms with Gasteiger partial charge in [-0.2, -0.15) is 0 Å². The first-order valence-electron chi connectivity index (χ1n) is 8.52. The zero-order valence-corrected chi connectivity index (χ0v) is 15.7. The molecule has 0 atom stereocenters. The summed E-state index contributed by atoms with van der Waals surface area (Å²) in [6.45, 7) is 0.853. The van der Waals surface area contributed by atoms with Crippen molar-refractivity contribution in [1.82, 2.24) is 10.2 Å². The molecule has 5 nitrogen and oxygen atoms in total. The number of halogens is 3. The monoisotopic (exact) mass is 407 g/mol. The van der Waals surface area contributed by atoms with Gasteiger partial charge < -0.3 is 15.5 Å². The third-order valence-corrected chi connectivity index (χ3v) is 5.58. The Kier molecular flexibility index (Phi) is 4.48. The second-order valence-corrected chi connectivity index (χ2v) is 7.58. The molecule has 4 rings (SSSR count). The third-order valence-electron chi connectivity index (χ3n) is 5.03. The zero-order chi connectivity index (χ0) is 19.2. The van der Waals surface area contributed by atoms with Gasteiger partial charge in [0.2, 0.25) is 0 Å². The maximum absolute atomic E-state index is 13.9. The number of anilines is 1. The van der Waals surface area contributed by atoms with Gasteiger partial charge in [0.05, 0.1) is 21.8 Å². The van der Waals surface area contributed by atoms with Crippen molar-refractivity contribution in [2.75, 3.05) is 18.4 Å². The van der Waals surface area contributed by atoms with E-state index in [9.17, 15) is 14.0 Å². The van der Waals surface area contributed by atoms with E-state index < -0.39 is 17.4 Å². The van der Waals surface area contributed by atoms with Gasteiger partial charge in [-0.25, -0.2) is 4.39 Å². The molecule has 1 saturated heterocycles. The van der Waals surface area contributed by atoms with Crippen LogP contribution >= 0.6 is 23.2 Å². The minimum atomic E-state index is -0.696. The van der Waals surface area contributed by atoms with Gasteiger partial charge in [0.1, 0.15) is 11.5 Å². The third kappa shape index (κ3) is 3.24. The van der Waals surface area contributed by atoms with Crippen molar-refractivity contribution in [3.05, 3.63) is 63.4 Å². The number of carbonyl (C=O) groups is 2. The van der Waals surface area contributed by atoms with E-state index in [2.05, 4.69) is 10.6 Å². The fraction of sp³-hybridized carbons (Fsp3) is 0.263. The minimum absolute atomic E-state index is 0.0228. The number of carbonyl (C=O) groups excluding carboxylic acids is 2. The molecule has 0 radical (unpaired) electrons. The topological polar surface area (TPSA) is 61.4 Å². The van der Waals surface area contributed by atoms with E-state index in [4.69, 9.17) is 23.2 Å². The van der Waals surface area contributed by atoms with Crippen molar-refractivity contribution in [2.24, 2.45) is 0 Å². The zero-order valence-electron chi connectivity index (χ0n) is 14.2. The second-order valence-electron chi connectivity index (χ2n) is 6.74. The van der Waals surface area contributed by atoms with Gasteiger partial charge in [0.15, 0.2) is 0 Å². The molecule has 2 N–H and O–H groups in total. The summed E-state index contributed by atoms with van der Waals surface area (Å²) in [5.41, 5.74) is 0.192. The van der Waals surface area contributed by atoms with Crippen LogP contribution in [0.5, 0.6) is 0 Å². The maximum atomic E-state index is 13.9. The quantitative estimate of drug-likeness (QED) is 0.752. The highest BCUT2D eigenvalue weighted by atomic mass is 35.5. The van der Waals surface area contributed by atoms with E-state index in [1.807, 2.05) is 0 Å². The molecule has 2 amide bonds. The lowest BCUT2D eigenvalue weighted by Gasteiger charge is -2.45. The Balaban J connectivity index is 1.51. The van der Waals surface area contributed by atoms with Crippen LogP contribution in [0.2, 0.25) is 10.0 Å². The van der Waals surface area contributed by atoms with Gasteiger partial charge in [-0.3, -0.25) is 9.59 Å². The lowest BCUT2D eigenvalue weighted by molar-refractivity contribution is 0.0639. The Bertz CT molecular complexity index is 943. The van der Waals surface area contributed by atoms with E-state index in [0.29, 0.717) is 47.2 Å². The largest absolute Gasteiger partial charge is 0.362 e. The SMILES string of the molecule is O=C1NC2(CCN(C(=O)c3ccc(Cl)cc3Cl)CC2)Nc2cccc(F)c21. The van der Waals surface area contributed by atoms with E-state index in [1.165, 1.54) is 12.1 Å². The molecule has 0 unspecified atom stereocenters. The molecular formula is C19H16Cl2FN3O2. The summed E-state index contributed by atoms with van der Waals surface area (Å²) in [6, 6.07) is 9.28. The highest BCUT2D eigenvalue weighted by molar-refractivity contribution is 6.36. The molecule has 8 heteroatoms. The Morgan fingerprint density at radius 2 is 1.85 bits per heavy atom. The molecule has 0 aliphatic carbocycles. The molecule has 0 aromatic heterocycles. The van der Waals surface area contributed by atoms with E-state index in [0.717, 1.165) is 0 Å². The number of hydrogen-bond donors (Lipinski definition) is 2. The molecule has 2 aliphatic heterocycles. The van der Waals surface area contributed by atoms with Crippen LogP contribution in [0.4, 0.5) is 10.1 Å². The average Bonchev–Trinajstić information content (AvgIpc) is 2.61. The van der Waals surface area contributed by atoms with Crippen molar-refractivity contribution in [2.45, 2.75) is 18.5 Å². The predicted molar refractivity (Wildman–Crippen MR) is 102 cm³/mol. The summed E-state index contributed by atoms with van der Waals surface area (Å²) >= 11 is 12.0. The number of likely N-dealkylation sites (tertiary alicyclic amines) is 1. The number of nitrogens with one attached hydrogen (secondary N) is 2. The van der Waals surface area contributed by atoms with Crippen molar-refractivity contribution < 1.29 is 14.0 Å². The summed E-state index contributed by atoms with van der Waals surface area (Å²) in [4.78, 5) is 26.8. The summed E-state index contributed by atoms with van der Waals surface area (Å²) in [6.07, 6.45) is 0.983. The Morgan fingerprint density at radius 1 is 1.11 bits per heavy atom. The number of fused-ring (bicyclic) bond motifs is 1. The van der Waals surface area contributed by atoms with Crippen LogP contribution in [-0.2, 0) is 0 Å². The molecule has 2 aromatic carbocycles. The molecule has 0 saturated carbocycles. The van der Waals surface area contributed by atoms with Crippen molar-refractivity contribution >= 4 is 40.7 Å². The van der Waals surface area contributed by atoms with Gasteiger partial charge in [0.25, 0.3) is 11.8 Å². The normalized spacial score (nSPS) is 17.9. The van der Waals surface area contributed by atoms with Crippen LogP contribution in [0.15, 0.2) is 36.4 Å². The van der Waals surface area contributed by atoms with E-state index >= 15 is 0 Å². The van der Waals surface area contributed by atoms with Crippen LogP contribution in [0.25, 0.3) is 0 Å². The fourth-order valence-corrected chi connectivity index (χ4v) is 4.09. The first kappa shape index (κ1) is 18.1. The molecular weight excluding hydrogens is 392 g/mol.